The van der Waals surface area contributed by atoms with Crippen molar-refractivity contribution in [3.8, 4) is 11.5 Å². The van der Waals surface area contributed by atoms with Crippen LogP contribution in [0, 0.1) is 6.92 Å². The van der Waals surface area contributed by atoms with Crippen LogP contribution in [0.15, 0.2) is 48.5 Å². The number of ether oxygens (including phenoxy) is 1. The molecule has 0 saturated heterocycles. The minimum Gasteiger partial charge on any atom is -0.457 e. The molecule has 0 aromatic heterocycles. The van der Waals surface area contributed by atoms with Gasteiger partial charge in [-0.2, -0.15) is 0 Å². The molecule has 0 heterocycles. The summed E-state index contributed by atoms with van der Waals surface area (Å²) in [5.74, 6) is 1.85. The number of hydrogen-bond donors (Lipinski definition) is 0. The molecule has 0 bridgehead atoms. The molecular formula is C18H23NO. The first kappa shape index (κ1) is 14.6. The first-order chi connectivity index (χ1) is 9.65. The van der Waals surface area contributed by atoms with Crippen LogP contribution in [-0.2, 0) is 6.42 Å². The van der Waals surface area contributed by atoms with E-state index in [0.717, 1.165) is 30.0 Å². The lowest BCUT2D eigenvalue weighted by atomic mass is 10.1. The third-order valence-corrected chi connectivity index (χ3v) is 3.29. The molecule has 0 spiro atoms. The van der Waals surface area contributed by atoms with Gasteiger partial charge in [-0.3, -0.25) is 0 Å². The second kappa shape index (κ2) is 7.11. The lowest BCUT2D eigenvalue weighted by Crippen LogP contribution is -2.13. The Kier molecular flexibility index (Phi) is 5.19. The van der Waals surface area contributed by atoms with Gasteiger partial charge >= 0.3 is 0 Å². The summed E-state index contributed by atoms with van der Waals surface area (Å²) in [6, 6.07) is 16.5. The summed E-state index contributed by atoms with van der Waals surface area (Å²) < 4.78 is 5.97. The minimum absolute atomic E-state index is 0.918. The Morgan fingerprint density at radius 2 is 1.80 bits per heavy atom. The number of para-hydroxylation sites is 1. The monoisotopic (exact) mass is 269 g/mol. The predicted molar refractivity (Wildman–Crippen MR) is 84.6 cm³/mol. The molecule has 0 amide bonds. The van der Waals surface area contributed by atoms with Crippen molar-refractivity contribution in [3.05, 3.63) is 59.7 Å². The van der Waals surface area contributed by atoms with Crippen molar-refractivity contribution >= 4 is 0 Å². The Morgan fingerprint density at radius 1 is 1.00 bits per heavy atom. The Bertz CT molecular complexity index is 549. The summed E-state index contributed by atoms with van der Waals surface area (Å²) in [6.07, 6.45) is 2.25. The highest BCUT2D eigenvalue weighted by atomic mass is 16.5. The van der Waals surface area contributed by atoms with Crippen molar-refractivity contribution in [2.45, 2.75) is 19.8 Å². The van der Waals surface area contributed by atoms with Gasteiger partial charge in [-0.1, -0.05) is 30.3 Å². The molecule has 2 aromatic carbocycles. The van der Waals surface area contributed by atoms with Gasteiger partial charge in [-0.15, -0.1) is 0 Å². The Hall–Kier alpha value is -1.80. The molecule has 0 aliphatic carbocycles. The normalized spacial score (nSPS) is 10.8. The van der Waals surface area contributed by atoms with Crippen LogP contribution in [0.4, 0.5) is 0 Å². The van der Waals surface area contributed by atoms with E-state index in [4.69, 9.17) is 4.74 Å². The second-order valence-corrected chi connectivity index (χ2v) is 5.42. The maximum Gasteiger partial charge on any atom is 0.130 e. The summed E-state index contributed by atoms with van der Waals surface area (Å²) in [7, 11) is 4.22. The zero-order valence-electron chi connectivity index (χ0n) is 12.6. The zero-order valence-corrected chi connectivity index (χ0v) is 12.6. The van der Waals surface area contributed by atoms with E-state index in [1.807, 2.05) is 24.3 Å². The van der Waals surface area contributed by atoms with E-state index in [0.29, 0.717) is 0 Å². The van der Waals surface area contributed by atoms with Gasteiger partial charge in [-0.25, -0.2) is 0 Å². The molecule has 2 rings (SSSR count). The molecule has 0 saturated carbocycles. The summed E-state index contributed by atoms with van der Waals surface area (Å²) in [5, 5.41) is 0. The van der Waals surface area contributed by atoms with Crippen LogP contribution in [0.3, 0.4) is 0 Å². The first-order valence-corrected chi connectivity index (χ1v) is 7.12. The third-order valence-electron chi connectivity index (χ3n) is 3.29. The topological polar surface area (TPSA) is 12.5 Å². The Balaban J connectivity index is 2.01. The fourth-order valence-corrected chi connectivity index (χ4v) is 2.16. The van der Waals surface area contributed by atoms with Crippen LogP contribution in [-0.4, -0.2) is 25.5 Å². The van der Waals surface area contributed by atoms with E-state index in [2.05, 4.69) is 50.2 Å². The Labute approximate surface area is 122 Å². The molecule has 0 aliphatic heterocycles. The Morgan fingerprint density at radius 3 is 2.55 bits per heavy atom. The molecule has 2 nitrogen and oxygen atoms in total. The molecule has 0 unspecified atom stereocenters. The van der Waals surface area contributed by atoms with Gasteiger partial charge in [0.2, 0.25) is 0 Å². The van der Waals surface area contributed by atoms with Gasteiger partial charge in [0.05, 0.1) is 0 Å². The van der Waals surface area contributed by atoms with Crippen LogP contribution < -0.4 is 4.74 Å². The van der Waals surface area contributed by atoms with Crippen LogP contribution >= 0.6 is 0 Å². The molecule has 0 N–H and O–H groups in total. The van der Waals surface area contributed by atoms with Gasteiger partial charge in [0.1, 0.15) is 11.5 Å². The average molecular weight is 269 g/mol. The fraction of sp³-hybridized carbons (Fsp3) is 0.333. The smallest absolute Gasteiger partial charge is 0.130 e. The standard InChI is InChI=1S/C18H23NO/c1-15-8-4-5-12-18(15)20-17-11-6-9-16(14-17)10-7-13-19(2)3/h4-6,8-9,11-12,14H,7,10,13H2,1-3H3. The SMILES string of the molecule is Cc1ccccc1Oc1cccc(CCCN(C)C)c1. The lowest BCUT2D eigenvalue weighted by molar-refractivity contribution is 0.400. The van der Waals surface area contributed by atoms with Crippen LogP contribution in [0.25, 0.3) is 0 Å². The number of rotatable bonds is 6. The van der Waals surface area contributed by atoms with E-state index >= 15 is 0 Å². The quantitative estimate of drug-likeness (QED) is 0.776. The van der Waals surface area contributed by atoms with Gasteiger partial charge < -0.3 is 9.64 Å². The van der Waals surface area contributed by atoms with E-state index in [1.54, 1.807) is 0 Å². The van der Waals surface area contributed by atoms with Gasteiger partial charge in [-0.05, 0) is 69.7 Å². The number of benzene rings is 2. The second-order valence-electron chi connectivity index (χ2n) is 5.42. The molecule has 0 fully saturated rings. The largest absolute Gasteiger partial charge is 0.457 e. The van der Waals surface area contributed by atoms with E-state index in [9.17, 15) is 0 Å². The van der Waals surface area contributed by atoms with Gasteiger partial charge in [0.15, 0.2) is 0 Å². The fourth-order valence-electron chi connectivity index (χ4n) is 2.16. The zero-order chi connectivity index (χ0) is 14.4. The van der Waals surface area contributed by atoms with Crippen LogP contribution in [0.2, 0.25) is 0 Å². The molecule has 0 aliphatic rings. The number of hydrogen-bond acceptors (Lipinski definition) is 2. The van der Waals surface area contributed by atoms with Crippen molar-refractivity contribution in [2.24, 2.45) is 0 Å². The number of aryl methyl sites for hydroxylation is 2. The van der Waals surface area contributed by atoms with E-state index in [1.165, 1.54) is 12.0 Å². The first-order valence-electron chi connectivity index (χ1n) is 7.12. The minimum atomic E-state index is 0.918. The van der Waals surface area contributed by atoms with Crippen molar-refractivity contribution in [2.75, 3.05) is 20.6 Å². The molecule has 2 aromatic rings. The van der Waals surface area contributed by atoms with Crippen LogP contribution in [0.5, 0.6) is 11.5 Å². The predicted octanol–water partition coefficient (Wildman–Crippen LogP) is 4.28. The van der Waals surface area contributed by atoms with Crippen molar-refractivity contribution in [1.29, 1.82) is 0 Å². The van der Waals surface area contributed by atoms with Gasteiger partial charge in [0.25, 0.3) is 0 Å². The summed E-state index contributed by atoms with van der Waals surface area (Å²) in [4.78, 5) is 2.22. The summed E-state index contributed by atoms with van der Waals surface area (Å²) in [6.45, 7) is 3.18. The van der Waals surface area contributed by atoms with Gasteiger partial charge in [0, 0.05) is 0 Å². The molecular weight excluding hydrogens is 246 g/mol. The lowest BCUT2D eigenvalue weighted by Gasteiger charge is -2.11. The highest BCUT2D eigenvalue weighted by Crippen LogP contribution is 2.25. The van der Waals surface area contributed by atoms with Crippen LogP contribution in [0.1, 0.15) is 17.5 Å². The number of nitrogens with zero attached hydrogens (tertiary/aromatic N) is 1. The molecule has 106 valence electrons. The molecule has 20 heavy (non-hydrogen) atoms. The maximum absolute atomic E-state index is 5.97. The maximum atomic E-state index is 5.97. The summed E-state index contributed by atoms with van der Waals surface area (Å²) >= 11 is 0. The highest BCUT2D eigenvalue weighted by Gasteiger charge is 2.02. The molecule has 0 atom stereocenters. The van der Waals surface area contributed by atoms with E-state index in [-0.39, 0.29) is 0 Å². The molecule has 0 radical (unpaired) electrons. The average Bonchev–Trinajstić information content (AvgIpc) is 2.41. The van der Waals surface area contributed by atoms with Crippen molar-refractivity contribution < 1.29 is 4.74 Å². The third kappa shape index (κ3) is 4.39. The highest BCUT2D eigenvalue weighted by molar-refractivity contribution is 5.38. The van der Waals surface area contributed by atoms with Crippen molar-refractivity contribution in [3.63, 3.8) is 0 Å². The summed E-state index contributed by atoms with van der Waals surface area (Å²) in [5.41, 5.74) is 2.49. The molecule has 2 heteroatoms. The van der Waals surface area contributed by atoms with E-state index < -0.39 is 0 Å². The van der Waals surface area contributed by atoms with Crippen molar-refractivity contribution in [1.82, 2.24) is 4.90 Å².